The summed E-state index contributed by atoms with van der Waals surface area (Å²) in [6.07, 6.45) is 3.51. The summed E-state index contributed by atoms with van der Waals surface area (Å²) in [5.41, 5.74) is 3.92. The van der Waals surface area contributed by atoms with Crippen LogP contribution in [0.4, 0.5) is 5.69 Å². The number of anilines is 1. The third-order valence-electron chi connectivity index (χ3n) is 5.04. The predicted molar refractivity (Wildman–Crippen MR) is 110 cm³/mol. The van der Waals surface area contributed by atoms with Crippen molar-refractivity contribution in [2.75, 3.05) is 24.5 Å². The third-order valence-corrected chi connectivity index (χ3v) is 5.04. The lowest BCUT2D eigenvalue weighted by Crippen LogP contribution is -2.39. The molecule has 1 atom stereocenters. The minimum absolute atomic E-state index is 0.0296. The van der Waals surface area contributed by atoms with E-state index in [0.29, 0.717) is 13.0 Å². The summed E-state index contributed by atoms with van der Waals surface area (Å²) in [7, 11) is 0. The molecule has 1 aliphatic heterocycles. The van der Waals surface area contributed by atoms with Crippen molar-refractivity contribution >= 4 is 11.6 Å². The molecule has 0 bridgehead atoms. The second-order valence-electron chi connectivity index (χ2n) is 7.20. The average Bonchev–Trinajstić information content (AvgIpc) is 2.69. The number of nitrogens with one attached hydrogen (secondary N) is 1. The molecule has 1 aliphatic rings. The van der Waals surface area contributed by atoms with E-state index in [2.05, 4.69) is 34.5 Å². The molecular formula is C23H30N2O2. The summed E-state index contributed by atoms with van der Waals surface area (Å²) >= 11 is 0. The van der Waals surface area contributed by atoms with E-state index in [4.69, 9.17) is 4.74 Å². The average molecular weight is 367 g/mol. The largest absolute Gasteiger partial charge is 0.481 e. The maximum Gasteiger partial charge on any atom is 0.261 e. The van der Waals surface area contributed by atoms with Crippen LogP contribution in [-0.2, 0) is 11.2 Å². The summed E-state index contributed by atoms with van der Waals surface area (Å²) in [6, 6.07) is 16.5. The van der Waals surface area contributed by atoms with Crippen LogP contribution in [0.3, 0.4) is 0 Å². The Hall–Kier alpha value is -2.49. The van der Waals surface area contributed by atoms with E-state index in [0.717, 1.165) is 37.2 Å². The molecule has 0 radical (unpaired) electrons. The van der Waals surface area contributed by atoms with Crippen LogP contribution in [0.25, 0.3) is 0 Å². The maximum absolute atomic E-state index is 12.5. The molecule has 0 spiro atoms. The number of rotatable bonds is 8. The van der Waals surface area contributed by atoms with Crippen LogP contribution in [-0.4, -0.2) is 31.6 Å². The van der Waals surface area contributed by atoms with E-state index in [-0.39, 0.29) is 5.91 Å². The number of fused-ring (bicyclic) bond motifs is 1. The van der Waals surface area contributed by atoms with Crippen molar-refractivity contribution in [3.63, 3.8) is 0 Å². The highest BCUT2D eigenvalue weighted by atomic mass is 16.5. The number of benzene rings is 2. The van der Waals surface area contributed by atoms with Crippen LogP contribution in [0.1, 0.15) is 37.3 Å². The fraction of sp³-hybridized carbons (Fsp3) is 0.435. The number of carbonyl (C=O) groups excluding carboxylic acids is 1. The molecule has 0 fully saturated rings. The van der Waals surface area contributed by atoms with E-state index >= 15 is 0 Å². The number of ether oxygens (including phenoxy) is 1. The highest BCUT2D eigenvalue weighted by molar-refractivity contribution is 5.81. The first-order valence-electron chi connectivity index (χ1n) is 10.0. The lowest BCUT2D eigenvalue weighted by Gasteiger charge is -2.31. The first-order valence-corrected chi connectivity index (χ1v) is 10.0. The van der Waals surface area contributed by atoms with Gasteiger partial charge in [0.25, 0.3) is 5.91 Å². The van der Waals surface area contributed by atoms with Gasteiger partial charge in [-0.1, -0.05) is 37.3 Å². The van der Waals surface area contributed by atoms with Crippen LogP contribution in [0.5, 0.6) is 5.75 Å². The molecule has 0 aromatic heterocycles. The van der Waals surface area contributed by atoms with Crippen molar-refractivity contribution in [3.05, 3.63) is 59.7 Å². The molecule has 4 heteroatoms. The third kappa shape index (κ3) is 5.25. The van der Waals surface area contributed by atoms with Gasteiger partial charge in [0.2, 0.25) is 0 Å². The standard InChI is InChI=1S/C23H30N2O2/c1-3-22(27-20-12-6-9-18(2)17-20)23(26)24-14-8-16-25-15-7-11-19-10-4-5-13-21(19)25/h4-6,9-10,12-13,17,22H,3,7-8,11,14-16H2,1-2H3,(H,24,26). The second kappa shape index (κ2) is 9.45. The molecule has 1 unspecified atom stereocenters. The second-order valence-corrected chi connectivity index (χ2v) is 7.20. The monoisotopic (exact) mass is 366 g/mol. The first-order chi connectivity index (χ1) is 13.2. The summed E-state index contributed by atoms with van der Waals surface area (Å²) in [5.74, 6) is 0.722. The Balaban J connectivity index is 1.45. The highest BCUT2D eigenvalue weighted by Crippen LogP contribution is 2.26. The zero-order chi connectivity index (χ0) is 19.1. The van der Waals surface area contributed by atoms with Crippen molar-refractivity contribution in [2.45, 2.75) is 45.6 Å². The van der Waals surface area contributed by atoms with E-state index in [1.165, 1.54) is 17.7 Å². The fourth-order valence-corrected chi connectivity index (χ4v) is 3.61. The van der Waals surface area contributed by atoms with Gasteiger partial charge < -0.3 is 15.0 Å². The van der Waals surface area contributed by atoms with Crippen LogP contribution in [0.2, 0.25) is 0 Å². The van der Waals surface area contributed by atoms with Crippen molar-refractivity contribution in [3.8, 4) is 5.75 Å². The molecule has 0 saturated heterocycles. The SMILES string of the molecule is CCC(Oc1cccc(C)c1)C(=O)NCCCN1CCCc2ccccc21. The lowest BCUT2D eigenvalue weighted by molar-refractivity contribution is -0.128. The van der Waals surface area contributed by atoms with E-state index < -0.39 is 6.10 Å². The molecule has 144 valence electrons. The van der Waals surface area contributed by atoms with Gasteiger partial charge >= 0.3 is 0 Å². The fourth-order valence-electron chi connectivity index (χ4n) is 3.61. The summed E-state index contributed by atoms with van der Waals surface area (Å²) in [4.78, 5) is 14.9. The van der Waals surface area contributed by atoms with Gasteiger partial charge in [-0.15, -0.1) is 0 Å². The van der Waals surface area contributed by atoms with Crippen molar-refractivity contribution in [1.29, 1.82) is 0 Å². The van der Waals surface area contributed by atoms with Crippen molar-refractivity contribution in [2.24, 2.45) is 0 Å². The van der Waals surface area contributed by atoms with Crippen LogP contribution >= 0.6 is 0 Å². The Morgan fingerprint density at radius 3 is 2.89 bits per heavy atom. The number of hydrogen-bond acceptors (Lipinski definition) is 3. The molecule has 0 aliphatic carbocycles. The molecule has 1 N–H and O–H groups in total. The van der Waals surface area contributed by atoms with Gasteiger partial charge in [-0.2, -0.15) is 0 Å². The van der Waals surface area contributed by atoms with Gasteiger partial charge in [0.1, 0.15) is 5.75 Å². The zero-order valence-electron chi connectivity index (χ0n) is 16.4. The quantitative estimate of drug-likeness (QED) is 0.715. The number of aryl methyl sites for hydroxylation is 2. The summed E-state index contributed by atoms with van der Waals surface area (Å²) < 4.78 is 5.88. The minimum atomic E-state index is -0.442. The van der Waals surface area contributed by atoms with Gasteiger partial charge in [-0.25, -0.2) is 0 Å². The van der Waals surface area contributed by atoms with Gasteiger partial charge in [-0.05, 0) is 61.9 Å². The van der Waals surface area contributed by atoms with E-state index in [9.17, 15) is 4.79 Å². The molecule has 1 heterocycles. The summed E-state index contributed by atoms with van der Waals surface area (Å²) in [6.45, 7) is 6.73. The molecule has 4 nitrogen and oxygen atoms in total. The van der Waals surface area contributed by atoms with Gasteiger partial charge in [0.15, 0.2) is 6.10 Å². The molecule has 0 saturated carbocycles. The Kier molecular flexibility index (Phi) is 6.74. The lowest BCUT2D eigenvalue weighted by atomic mass is 10.0. The highest BCUT2D eigenvalue weighted by Gasteiger charge is 2.19. The van der Waals surface area contributed by atoms with Crippen LogP contribution < -0.4 is 15.0 Å². The number of amides is 1. The predicted octanol–water partition coefficient (Wildman–Crippen LogP) is 4.11. The van der Waals surface area contributed by atoms with Crippen molar-refractivity contribution in [1.82, 2.24) is 5.32 Å². The number of para-hydroxylation sites is 1. The maximum atomic E-state index is 12.5. The molecule has 2 aromatic carbocycles. The molecule has 3 rings (SSSR count). The van der Waals surface area contributed by atoms with Crippen LogP contribution in [0.15, 0.2) is 48.5 Å². The normalized spacial score (nSPS) is 14.4. The molecular weight excluding hydrogens is 336 g/mol. The number of carbonyl (C=O) groups is 1. The van der Waals surface area contributed by atoms with E-state index in [1.54, 1.807) is 0 Å². The van der Waals surface area contributed by atoms with Crippen LogP contribution in [0, 0.1) is 6.92 Å². The van der Waals surface area contributed by atoms with Gasteiger partial charge in [-0.3, -0.25) is 4.79 Å². The smallest absolute Gasteiger partial charge is 0.261 e. The Morgan fingerprint density at radius 2 is 2.07 bits per heavy atom. The number of hydrogen-bond donors (Lipinski definition) is 1. The molecule has 2 aromatic rings. The Labute approximate surface area is 162 Å². The number of nitrogens with zero attached hydrogens (tertiary/aromatic N) is 1. The Bertz CT molecular complexity index is 760. The van der Waals surface area contributed by atoms with Gasteiger partial charge in [0.05, 0.1) is 0 Å². The zero-order valence-corrected chi connectivity index (χ0v) is 16.4. The minimum Gasteiger partial charge on any atom is -0.481 e. The van der Waals surface area contributed by atoms with E-state index in [1.807, 2.05) is 38.1 Å². The molecule has 27 heavy (non-hydrogen) atoms. The first kappa shape index (κ1) is 19.3. The Morgan fingerprint density at radius 1 is 1.22 bits per heavy atom. The van der Waals surface area contributed by atoms with Gasteiger partial charge in [0, 0.05) is 25.3 Å². The molecule has 1 amide bonds. The van der Waals surface area contributed by atoms with Crippen molar-refractivity contribution < 1.29 is 9.53 Å². The summed E-state index contributed by atoms with van der Waals surface area (Å²) in [5, 5.41) is 3.04. The topological polar surface area (TPSA) is 41.6 Å².